The lowest BCUT2D eigenvalue weighted by Gasteiger charge is -2.25. The minimum atomic E-state index is -4.15. The number of carbonyl (C=O) groups excluding carboxylic acids is 1. The van der Waals surface area contributed by atoms with Crippen LogP contribution in [0.4, 0.5) is 10.1 Å². The first-order valence-electron chi connectivity index (χ1n) is 9.89. The van der Waals surface area contributed by atoms with Crippen molar-refractivity contribution in [3.63, 3.8) is 0 Å². The third-order valence-electron chi connectivity index (χ3n) is 5.02. The fourth-order valence-corrected chi connectivity index (χ4v) is 4.84. The smallest absolute Gasteiger partial charge is 0.264 e. The Morgan fingerprint density at radius 2 is 1.65 bits per heavy atom. The van der Waals surface area contributed by atoms with E-state index in [9.17, 15) is 17.6 Å². The van der Waals surface area contributed by atoms with Gasteiger partial charge in [-0.3, -0.25) is 9.10 Å². The Balaban J connectivity index is 1.91. The normalized spacial score (nSPS) is 12.3. The average Bonchev–Trinajstić information content (AvgIpc) is 2.75. The fraction of sp³-hybridized carbons (Fsp3) is 0.208. The molecule has 0 aliphatic carbocycles. The molecule has 3 rings (SSSR count). The van der Waals surface area contributed by atoms with Gasteiger partial charge in [0.05, 0.1) is 16.6 Å². The van der Waals surface area contributed by atoms with Gasteiger partial charge in [-0.25, -0.2) is 12.8 Å². The summed E-state index contributed by atoms with van der Waals surface area (Å²) in [7, 11) is -4.15. The van der Waals surface area contributed by atoms with Crippen molar-refractivity contribution in [2.24, 2.45) is 0 Å². The molecule has 5 nitrogen and oxygen atoms in total. The molecule has 1 atom stereocenters. The number of anilines is 1. The number of amides is 1. The van der Waals surface area contributed by atoms with E-state index in [2.05, 4.69) is 5.32 Å². The second kappa shape index (κ2) is 9.31. The van der Waals surface area contributed by atoms with Gasteiger partial charge in [0, 0.05) is 0 Å². The number of sulfonamides is 1. The van der Waals surface area contributed by atoms with Crippen LogP contribution in [0.25, 0.3) is 0 Å². The number of para-hydroxylation sites is 1. The van der Waals surface area contributed by atoms with Crippen LogP contribution < -0.4 is 9.62 Å². The molecular formula is C24H25FN2O3S. The highest BCUT2D eigenvalue weighted by Gasteiger charge is 2.29. The van der Waals surface area contributed by atoms with E-state index in [0.717, 1.165) is 21.0 Å². The molecule has 0 aliphatic heterocycles. The minimum Gasteiger partial charge on any atom is -0.348 e. The lowest BCUT2D eigenvalue weighted by molar-refractivity contribution is -0.120. The third kappa shape index (κ3) is 5.11. The van der Waals surface area contributed by atoms with Gasteiger partial charge in [0.15, 0.2) is 0 Å². The Hall–Kier alpha value is -3.19. The van der Waals surface area contributed by atoms with Gasteiger partial charge in [-0.15, -0.1) is 0 Å². The minimum absolute atomic E-state index is 0.0198. The van der Waals surface area contributed by atoms with Gasteiger partial charge in [-0.1, -0.05) is 54.1 Å². The Kier molecular flexibility index (Phi) is 6.75. The molecule has 7 heteroatoms. The molecule has 1 N–H and O–H groups in total. The number of nitrogens with zero attached hydrogens (tertiary/aromatic N) is 1. The van der Waals surface area contributed by atoms with E-state index in [0.29, 0.717) is 0 Å². The van der Waals surface area contributed by atoms with Crippen molar-refractivity contribution in [2.45, 2.75) is 31.7 Å². The van der Waals surface area contributed by atoms with Crippen molar-refractivity contribution >= 4 is 21.6 Å². The average molecular weight is 441 g/mol. The summed E-state index contributed by atoms with van der Waals surface area (Å²) in [5.41, 5.74) is 2.83. The van der Waals surface area contributed by atoms with Crippen LogP contribution in [0.2, 0.25) is 0 Å². The number of hydrogen-bond acceptors (Lipinski definition) is 3. The molecule has 0 fully saturated rings. The SMILES string of the molecule is Cc1ccc(C)c(C(C)NC(=O)CN(c2ccccc2F)S(=O)(=O)c2ccccc2)c1. The van der Waals surface area contributed by atoms with E-state index in [1.807, 2.05) is 39.0 Å². The highest BCUT2D eigenvalue weighted by Crippen LogP contribution is 2.26. The summed E-state index contributed by atoms with van der Waals surface area (Å²) >= 11 is 0. The molecule has 31 heavy (non-hydrogen) atoms. The summed E-state index contributed by atoms with van der Waals surface area (Å²) in [6, 6.07) is 18.8. The Morgan fingerprint density at radius 1 is 1.00 bits per heavy atom. The lowest BCUT2D eigenvalue weighted by atomic mass is 10.00. The van der Waals surface area contributed by atoms with Gasteiger partial charge < -0.3 is 5.32 Å². The largest absolute Gasteiger partial charge is 0.348 e. The number of nitrogens with one attached hydrogen (secondary N) is 1. The van der Waals surface area contributed by atoms with Crippen LogP contribution in [0.5, 0.6) is 0 Å². The van der Waals surface area contributed by atoms with Crippen LogP contribution >= 0.6 is 0 Å². The van der Waals surface area contributed by atoms with Crippen molar-refractivity contribution in [3.05, 3.63) is 95.3 Å². The zero-order valence-electron chi connectivity index (χ0n) is 17.7. The maximum Gasteiger partial charge on any atom is 0.264 e. The van der Waals surface area contributed by atoms with Gasteiger partial charge in [0.25, 0.3) is 10.0 Å². The van der Waals surface area contributed by atoms with Gasteiger partial charge >= 0.3 is 0 Å². The Bertz CT molecular complexity index is 1180. The van der Waals surface area contributed by atoms with Crippen LogP contribution in [0.3, 0.4) is 0 Å². The lowest BCUT2D eigenvalue weighted by Crippen LogP contribution is -2.42. The summed E-state index contributed by atoms with van der Waals surface area (Å²) in [6.45, 7) is 5.19. The molecular weight excluding hydrogens is 415 g/mol. The van der Waals surface area contributed by atoms with E-state index in [1.54, 1.807) is 18.2 Å². The summed E-state index contributed by atoms with van der Waals surface area (Å²) in [5, 5.41) is 2.84. The first-order chi connectivity index (χ1) is 14.7. The summed E-state index contributed by atoms with van der Waals surface area (Å²) in [6.07, 6.45) is 0. The van der Waals surface area contributed by atoms with E-state index >= 15 is 0 Å². The Morgan fingerprint density at radius 3 is 2.32 bits per heavy atom. The number of aryl methyl sites for hydroxylation is 2. The van der Waals surface area contributed by atoms with Crippen molar-refractivity contribution in [1.29, 1.82) is 0 Å². The first-order valence-corrected chi connectivity index (χ1v) is 11.3. The summed E-state index contributed by atoms with van der Waals surface area (Å²) in [5.74, 6) is -1.26. The topological polar surface area (TPSA) is 66.5 Å². The molecule has 3 aromatic carbocycles. The van der Waals surface area contributed by atoms with Gasteiger partial charge in [-0.2, -0.15) is 0 Å². The second-order valence-corrected chi connectivity index (χ2v) is 9.29. The predicted molar refractivity (Wildman–Crippen MR) is 120 cm³/mol. The molecule has 0 heterocycles. The summed E-state index contributed by atoms with van der Waals surface area (Å²) < 4.78 is 41.8. The molecule has 162 valence electrons. The quantitative estimate of drug-likeness (QED) is 0.588. The van der Waals surface area contributed by atoms with Crippen LogP contribution in [-0.4, -0.2) is 20.9 Å². The van der Waals surface area contributed by atoms with E-state index in [1.165, 1.54) is 36.4 Å². The maximum atomic E-state index is 14.5. The van der Waals surface area contributed by atoms with E-state index < -0.39 is 28.3 Å². The monoisotopic (exact) mass is 440 g/mol. The molecule has 3 aromatic rings. The molecule has 1 unspecified atom stereocenters. The van der Waals surface area contributed by atoms with Crippen molar-refractivity contribution < 1.29 is 17.6 Å². The molecule has 0 spiro atoms. The highest BCUT2D eigenvalue weighted by atomic mass is 32.2. The van der Waals surface area contributed by atoms with Crippen molar-refractivity contribution in [2.75, 3.05) is 10.8 Å². The second-order valence-electron chi connectivity index (χ2n) is 7.43. The molecule has 0 bridgehead atoms. The fourth-order valence-electron chi connectivity index (χ4n) is 3.40. The van der Waals surface area contributed by atoms with Crippen molar-refractivity contribution in [3.8, 4) is 0 Å². The molecule has 0 saturated carbocycles. The van der Waals surface area contributed by atoms with Gasteiger partial charge in [-0.05, 0) is 56.2 Å². The number of rotatable bonds is 7. The number of benzene rings is 3. The zero-order chi connectivity index (χ0) is 22.6. The van der Waals surface area contributed by atoms with Crippen LogP contribution in [0.15, 0.2) is 77.7 Å². The summed E-state index contributed by atoms with van der Waals surface area (Å²) in [4.78, 5) is 12.8. The molecule has 0 radical (unpaired) electrons. The number of hydrogen-bond donors (Lipinski definition) is 1. The Labute approximate surface area is 182 Å². The number of halogens is 1. The third-order valence-corrected chi connectivity index (χ3v) is 6.79. The van der Waals surface area contributed by atoms with E-state index in [-0.39, 0.29) is 16.6 Å². The van der Waals surface area contributed by atoms with E-state index in [4.69, 9.17) is 0 Å². The van der Waals surface area contributed by atoms with Gasteiger partial charge in [0.2, 0.25) is 5.91 Å². The highest BCUT2D eigenvalue weighted by molar-refractivity contribution is 7.92. The first kappa shape index (κ1) is 22.5. The molecule has 0 saturated heterocycles. The number of carbonyl (C=O) groups is 1. The molecule has 0 aromatic heterocycles. The predicted octanol–water partition coefficient (Wildman–Crippen LogP) is 4.52. The standard InChI is InChI=1S/C24H25FN2O3S/c1-17-13-14-18(2)21(15-17)19(3)26-24(28)16-27(23-12-8-7-11-22(23)25)31(29,30)20-9-5-4-6-10-20/h4-15,19H,16H2,1-3H3,(H,26,28). The molecule has 1 amide bonds. The van der Waals surface area contributed by atoms with Crippen LogP contribution in [0, 0.1) is 19.7 Å². The zero-order valence-corrected chi connectivity index (χ0v) is 18.5. The van der Waals surface area contributed by atoms with Crippen molar-refractivity contribution in [1.82, 2.24) is 5.32 Å². The van der Waals surface area contributed by atoms with Crippen LogP contribution in [0.1, 0.15) is 29.7 Å². The molecule has 0 aliphatic rings. The maximum absolute atomic E-state index is 14.5. The van der Waals surface area contributed by atoms with Crippen LogP contribution in [-0.2, 0) is 14.8 Å². The van der Waals surface area contributed by atoms with Gasteiger partial charge in [0.1, 0.15) is 12.4 Å².